The van der Waals surface area contributed by atoms with Crippen molar-refractivity contribution in [2.75, 3.05) is 20.2 Å². The van der Waals surface area contributed by atoms with Crippen LogP contribution in [0.5, 0.6) is 0 Å². The predicted molar refractivity (Wildman–Crippen MR) is 108 cm³/mol. The average Bonchev–Trinajstić information content (AvgIpc) is 2.60. The summed E-state index contributed by atoms with van der Waals surface area (Å²) in [4.78, 5) is 25.1. The van der Waals surface area contributed by atoms with Crippen LogP contribution < -0.4 is 0 Å². The molecular weight excluding hydrogens is 342 g/mol. The van der Waals surface area contributed by atoms with E-state index in [0.29, 0.717) is 12.2 Å². The minimum atomic E-state index is -0.445. The van der Waals surface area contributed by atoms with Gasteiger partial charge in [-0.15, -0.1) is 0 Å². The van der Waals surface area contributed by atoms with Crippen molar-refractivity contribution in [2.24, 2.45) is 0 Å². The Morgan fingerprint density at radius 3 is 2.15 bits per heavy atom. The second kappa shape index (κ2) is 11.6. The number of benzene rings is 1. The Morgan fingerprint density at radius 2 is 1.56 bits per heavy atom. The summed E-state index contributed by atoms with van der Waals surface area (Å²) in [6, 6.07) is 7.67. The first-order valence-corrected chi connectivity index (χ1v) is 9.93. The summed E-state index contributed by atoms with van der Waals surface area (Å²) in [7, 11) is 1.79. The Balaban J connectivity index is 2.13. The molecule has 0 unspecified atom stereocenters. The number of nitrogens with zero attached hydrogens (tertiary/aromatic N) is 1. The molecule has 0 fully saturated rings. The lowest BCUT2D eigenvalue weighted by molar-refractivity contribution is 0.0295. The van der Waals surface area contributed by atoms with Gasteiger partial charge in [-0.3, -0.25) is 0 Å². The highest BCUT2D eigenvalue weighted by atomic mass is 16.6. The highest BCUT2D eigenvalue weighted by molar-refractivity contribution is 5.89. The van der Waals surface area contributed by atoms with E-state index in [9.17, 15) is 9.59 Å². The number of carbonyl (C=O) groups is 2. The fourth-order valence-corrected chi connectivity index (χ4v) is 2.66. The number of amides is 1. The van der Waals surface area contributed by atoms with E-state index in [1.54, 1.807) is 11.9 Å². The smallest absolute Gasteiger partial charge is 0.410 e. The summed E-state index contributed by atoms with van der Waals surface area (Å²) >= 11 is 0. The Morgan fingerprint density at radius 1 is 0.963 bits per heavy atom. The first-order valence-electron chi connectivity index (χ1n) is 9.93. The average molecular weight is 378 g/mol. The molecule has 0 saturated heterocycles. The molecule has 1 aromatic carbocycles. The van der Waals surface area contributed by atoms with Crippen LogP contribution in [0, 0.1) is 0 Å². The van der Waals surface area contributed by atoms with Crippen molar-refractivity contribution in [1.29, 1.82) is 0 Å². The van der Waals surface area contributed by atoms with Gasteiger partial charge in [-0.25, -0.2) is 9.59 Å². The molecule has 0 N–H and O–H groups in total. The quantitative estimate of drug-likeness (QED) is 0.414. The molecule has 0 aliphatic carbocycles. The molecule has 0 aliphatic heterocycles. The fraction of sp³-hybridized carbons (Fsp3) is 0.636. The second-order valence-electron chi connectivity index (χ2n) is 7.84. The van der Waals surface area contributed by atoms with Crippen LogP contribution in [0.15, 0.2) is 24.3 Å². The molecular formula is C22H35NO4. The first-order chi connectivity index (χ1) is 12.7. The monoisotopic (exact) mass is 377 g/mol. The number of hydrogen-bond donors (Lipinski definition) is 0. The normalized spacial score (nSPS) is 11.1. The third-order valence-electron chi connectivity index (χ3n) is 4.13. The highest BCUT2D eigenvalue weighted by Gasteiger charge is 2.18. The second-order valence-corrected chi connectivity index (χ2v) is 7.84. The van der Waals surface area contributed by atoms with Gasteiger partial charge in [-0.1, -0.05) is 31.4 Å². The Labute approximate surface area is 164 Å². The molecule has 0 aliphatic rings. The summed E-state index contributed by atoms with van der Waals surface area (Å²) < 4.78 is 10.3. The van der Waals surface area contributed by atoms with Gasteiger partial charge in [0.25, 0.3) is 0 Å². The molecule has 5 heteroatoms. The van der Waals surface area contributed by atoms with Crippen LogP contribution in [0.2, 0.25) is 0 Å². The Kier molecular flexibility index (Phi) is 9.90. The van der Waals surface area contributed by atoms with Crippen LogP contribution in [-0.4, -0.2) is 42.8 Å². The summed E-state index contributed by atoms with van der Waals surface area (Å²) in [5.41, 5.74) is 1.40. The van der Waals surface area contributed by atoms with Crippen molar-refractivity contribution in [1.82, 2.24) is 4.90 Å². The van der Waals surface area contributed by atoms with E-state index in [0.717, 1.165) is 45.1 Å². The molecule has 0 bridgehead atoms. The van der Waals surface area contributed by atoms with Gasteiger partial charge in [0.05, 0.1) is 12.2 Å². The topological polar surface area (TPSA) is 55.8 Å². The number of carbonyl (C=O) groups excluding carboxylic acids is 2. The van der Waals surface area contributed by atoms with E-state index in [4.69, 9.17) is 9.47 Å². The van der Waals surface area contributed by atoms with Crippen molar-refractivity contribution in [2.45, 2.75) is 71.8 Å². The predicted octanol–water partition coefficient (Wildman–Crippen LogP) is 5.22. The molecule has 1 rings (SSSR count). The van der Waals surface area contributed by atoms with E-state index in [1.807, 2.05) is 52.0 Å². The number of aryl methyl sites for hydroxylation is 1. The standard InChI is InChI=1S/C22H35NO4/c1-6-26-20(24)19-15-13-18(14-16-19)12-10-8-7-9-11-17-23(5)21(25)27-22(2,3)4/h13-16H,6-12,17H2,1-5H3. The van der Waals surface area contributed by atoms with Crippen LogP contribution in [0.25, 0.3) is 0 Å². The molecule has 1 amide bonds. The Hall–Kier alpha value is -2.04. The molecule has 0 spiro atoms. The van der Waals surface area contributed by atoms with Gasteiger partial charge in [-0.05, 0) is 64.7 Å². The van der Waals surface area contributed by atoms with E-state index in [1.165, 1.54) is 5.56 Å². The summed E-state index contributed by atoms with van der Waals surface area (Å²) in [5.74, 6) is -0.264. The number of rotatable bonds is 10. The largest absolute Gasteiger partial charge is 0.462 e. The summed E-state index contributed by atoms with van der Waals surface area (Å²) in [6.07, 6.45) is 6.30. The molecule has 5 nitrogen and oxygen atoms in total. The maximum atomic E-state index is 11.9. The summed E-state index contributed by atoms with van der Waals surface area (Å²) in [5, 5.41) is 0. The SMILES string of the molecule is CCOC(=O)c1ccc(CCCCCCCN(C)C(=O)OC(C)(C)C)cc1. The molecule has 0 aromatic heterocycles. The zero-order valence-corrected chi connectivity index (χ0v) is 17.5. The molecule has 0 heterocycles. The van der Waals surface area contributed by atoms with Crippen molar-refractivity contribution in [3.05, 3.63) is 35.4 Å². The maximum absolute atomic E-state index is 11.9. The molecule has 0 saturated carbocycles. The van der Waals surface area contributed by atoms with E-state index < -0.39 is 5.60 Å². The number of hydrogen-bond acceptors (Lipinski definition) is 4. The van der Waals surface area contributed by atoms with Crippen molar-refractivity contribution >= 4 is 12.1 Å². The lowest BCUT2D eigenvalue weighted by atomic mass is 10.0. The minimum Gasteiger partial charge on any atom is -0.462 e. The molecule has 0 atom stereocenters. The fourth-order valence-electron chi connectivity index (χ4n) is 2.66. The van der Waals surface area contributed by atoms with Crippen LogP contribution in [0.3, 0.4) is 0 Å². The van der Waals surface area contributed by atoms with Gasteiger partial charge in [0.1, 0.15) is 5.60 Å². The summed E-state index contributed by atoms with van der Waals surface area (Å²) in [6.45, 7) is 8.57. The highest BCUT2D eigenvalue weighted by Crippen LogP contribution is 2.13. The number of ether oxygens (including phenoxy) is 2. The van der Waals surface area contributed by atoms with Gasteiger partial charge in [0, 0.05) is 13.6 Å². The molecule has 27 heavy (non-hydrogen) atoms. The zero-order valence-electron chi connectivity index (χ0n) is 17.5. The van der Waals surface area contributed by atoms with Gasteiger partial charge < -0.3 is 14.4 Å². The van der Waals surface area contributed by atoms with E-state index >= 15 is 0 Å². The third-order valence-corrected chi connectivity index (χ3v) is 4.13. The van der Waals surface area contributed by atoms with Gasteiger partial charge in [-0.2, -0.15) is 0 Å². The Bertz CT molecular complexity index is 575. The molecule has 0 radical (unpaired) electrons. The molecule has 152 valence electrons. The van der Waals surface area contributed by atoms with Crippen LogP contribution in [-0.2, 0) is 15.9 Å². The number of esters is 1. The lowest BCUT2D eigenvalue weighted by Gasteiger charge is -2.24. The van der Waals surface area contributed by atoms with Gasteiger partial charge >= 0.3 is 12.1 Å². The van der Waals surface area contributed by atoms with E-state index in [-0.39, 0.29) is 12.1 Å². The number of unbranched alkanes of at least 4 members (excludes halogenated alkanes) is 4. The van der Waals surface area contributed by atoms with Crippen molar-refractivity contribution in [3.63, 3.8) is 0 Å². The van der Waals surface area contributed by atoms with Gasteiger partial charge in [0.2, 0.25) is 0 Å². The zero-order chi connectivity index (χ0) is 20.3. The lowest BCUT2D eigenvalue weighted by Crippen LogP contribution is -2.34. The first kappa shape index (κ1) is 23.0. The maximum Gasteiger partial charge on any atom is 0.410 e. The minimum absolute atomic E-state index is 0.256. The van der Waals surface area contributed by atoms with Gasteiger partial charge in [0.15, 0.2) is 0 Å². The molecule has 1 aromatic rings. The van der Waals surface area contributed by atoms with Crippen LogP contribution in [0.4, 0.5) is 4.79 Å². The van der Waals surface area contributed by atoms with Crippen molar-refractivity contribution < 1.29 is 19.1 Å². The van der Waals surface area contributed by atoms with Crippen LogP contribution in [0.1, 0.15) is 75.7 Å². The third kappa shape index (κ3) is 10.0. The van der Waals surface area contributed by atoms with Crippen LogP contribution >= 0.6 is 0 Å². The van der Waals surface area contributed by atoms with E-state index in [2.05, 4.69) is 0 Å². The van der Waals surface area contributed by atoms with Crippen molar-refractivity contribution in [3.8, 4) is 0 Å².